The second-order valence-corrected chi connectivity index (χ2v) is 9.42. The maximum Gasteiger partial charge on any atom is 0.294 e. The lowest BCUT2D eigenvalue weighted by Gasteiger charge is -2.09. The van der Waals surface area contributed by atoms with Gasteiger partial charge in [-0.3, -0.25) is 9.55 Å². The van der Waals surface area contributed by atoms with Crippen LogP contribution in [0.15, 0.2) is 94.0 Å². The largest absolute Gasteiger partial charge is 0.497 e. The molecule has 0 bridgehead atoms. The molecule has 35 heavy (non-hydrogen) atoms. The van der Waals surface area contributed by atoms with Crippen LogP contribution < -0.4 is 14.8 Å². The molecule has 0 heterocycles. The average Bonchev–Trinajstić information content (AvgIpc) is 3.19. The van der Waals surface area contributed by atoms with Gasteiger partial charge in [-0.2, -0.15) is 8.42 Å². The van der Waals surface area contributed by atoms with Gasteiger partial charge in [0.1, 0.15) is 11.5 Å². The summed E-state index contributed by atoms with van der Waals surface area (Å²) in [6.45, 7) is 3.97. The van der Waals surface area contributed by atoms with Crippen molar-refractivity contribution in [2.75, 3.05) is 19.5 Å². The number of benzene rings is 3. The summed E-state index contributed by atoms with van der Waals surface area (Å²) in [6.07, 6.45) is 1.93. The molecular weight excluding hydrogens is 464 g/mol. The number of nitrogens with one attached hydrogen (secondary N) is 1. The molecule has 0 saturated carbocycles. The molecule has 0 aromatic heterocycles. The predicted octanol–water partition coefficient (Wildman–Crippen LogP) is 6.20. The summed E-state index contributed by atoms with van der Waals surface area (Å²) in [4.78, 5) is 4.71. The Morgan fingerprint density at radius 3 is 1.86 bits per heavy atom. The van der Waals surface area contributed by atoms with Crippen LogP contribution in [0.4, 0.5) is 11.4 Å². The molecule has 0 spiro atoms. The molecule has 2 N–H and O–H groups in total. The lowest BCUT2D eigenvalue weighted by Crippen LogP contribution is -1.99. The molecule has 3 aromatic rings. The van der Waals surface area contributed by atoms with Crippen LogP contribution in [0.1, 0.15) is 25.3 Å². The Hall–Kier alpha value is -3.62. The third kappa shape index (κ3) is 7.43. The minimum Gasteiger partial charge on any atom is -0.497 e. The Morgan fingerprint density at radius 2 is 1.34 bits per heavy atom. The van der Waals surface area contributed by atoms with Crippen molar-refractivity contribution in [3.8, 4) is 11.5 Å². The topological polar surface area (TPSA) is 97.2 Å². The van der Waals surface area contributed by atoms with Crippen LogP contribution in [0.25, 0.3) is 0 Å². The van der Waals surface area contributed by atoms with Gasteiger partial charge >= 0.3 is 0 Å². The molecule has 0 radical (unpaired) electrons. The van der Waals surface area contributed by atoms with E-state index in [2.05, 4.69) is 12.2 Å². The van der Waals surface area contributed by atoms with Crippen LogP contribution in [0.5, 0.6) is 11.5 Å². The molecule has 4 rings (SSSR count). The smallest absolute Gasteiger partial charge is 0.294 e. The molecule has 3 aromatic carbocycles. The molecule has 0 atom stereocenters. The third-order valence-electron chi connectivity index (χ3n) is 5.54. The first-order valence-corrected chi connectivity index (χ1v) is 12.5. The lowest BCUT2D eigenvalue weighted by atomic mass is 10.2. The Bertz CT molecular complexity index is 1300. The van der Waals surface area contributed by atoms with Crippen LogP contribution in [-0.4, -0.2) is 32.9 Å². The predicted molar refractivity (Wildman–Crippen MR) is 140 cm³/mol. The maximum absolute atomic E-state index is 10.5. The van der Waals surface area contributed by atoms with Crippen molar-refractivity contribution in [1.82, 2.24) is 0 Å². The van der Waals surface area contributed by atoms with Gasteiger partial charge in [-0.05, 0) is 92.9 Å². The van der Waals surface area contributed by atoms with E-state index < -0.39 is 10.1 Å². The Morgan fingerprint density at radius 1 is 0.800 bits per heavy atom. The monoisotopic (exact) mass is 494 g/mol. The highest BCUT2D eigenvalue weighted by atomic mass is 32.2. The first kappa shape index (κ1) is 26.0. The quantitative estimate of drug-likeness (QED) is 0.396. The Balaban J connectivity index is 0.000000261. The molecule has 0 amide bonds. The molecule has 1 aliphatic rings. The number of hydrogen-bond acceptors (Lipinski definition) is 6. The Labute approximate surface area is 206 Å². The number of methoxy groups -OCH3 is 2. The normalized spacial score (nSPS) is 14.4. The third-order valence-corrected chi connectivity index (χ3v) is 6.41. The first-order valence-electron chi connectivity index (χ1n) is 11.1. The van der Waals surface area contributed by atoms with Gasteiger partial charge in [-0.25, -0.2) is 0 Å². The fourth-order valence-corrected chi connectivity index (χ4v) is 3.94. The van der Waals surface area contributed by atoms with Gasteiger partial charge in [-0.1, -0.05) is 17.7 Å². The molecule has 0 saturated heterocycles. The van der Waals surface area contributed by atoms with Crippen molar-refractivity contribution in [3.05, 3.63) is 89.6 Å². The summed E-state index contributed by atoms with van der Waals surface area (Å²) >= 11 is 0. The number of nitrogens with zero attached hydrogens (tertiary/aromatic N) is 1. The number of aliphatic imine (C=N–C) groups is 1. The van der Waals surface area contributed by atoms with Crippen molar-refractivity contribution in [2.24, 2.45) is 4.99 Å². The summed E-state index contributed by atoms with van der Waals surface area (Å²) in [5.41, 5.74) is 6.56. The van der Waals surface area contributed by atoms with E-state index in [1.807, 2.05) is 55.5 Å². The molecule has 184 valence electrons. The molecule has 0 fully saturated rings. The standard InChI is InChI=1S/C20H22N2O2.C7H8O3S/c1-14-19(21-15-4-8-17(23-2)9-5-15)12-13-20(14)22-16-6-10-18(24-3)11-7-16;1-6-2-4-7(5-3-6)11(8,9)10/h4-11,21H,12-13H2,1-3H3;2-5H,1H3,(H,8,9,10). The van der Waals surface area contributed by atoms with E-state index in [4.69, 9.17) is 19.0 Å². The van der Waals surface area contributed by atoms with E-state index in [1.165, 1.54) is 23.4 Å². The van der Waals surface area contributed by atoms with Gasteiger partial charge in [0.2, 0.25) is 0 Å². The molecule has 0 aliphatic heterocycles. The van der Waals surface area contributed by atoms with E-state index in [0.29, 0.717) is 0 Å². The highest BCUT2D eigenvalue weighted by molar-refractivity contribution is 7.85. The maximum atomic E-state index is 10.5. The van der Waals surface area contributed by atoms with Crippen LogP contribution >= 0.6 is 0 Å². The van der Waals surface area contributed by atoms with Gasteiger partial charge in [0.25, 0.3) is 10.1 Å². The summed E-state index contributed by atoms with van der Waals surface area (Å²) in [5.74, 6) is 1.71. The van der Waals surface area contributed by atoms with Crippen LogP contribution in [0, 0.1) is 6.92 Å². The van der Waals surface area contributed by atoms with E-state index in [-0.39, 0.29) is 4.90 Å². The average molecular weight is 495 g/mol. The zero-order valence-corrected chi connectivity index (χ0v) is 21.1. The zero-order valence-electron chi connectivity index (χ0n) is 20.3. The highest BCUT2D eigenvalue weighted by Gasteiger charge is 2.18. The van der Waals surface area contributed by atoms with E-state index >= 15 is 0 Å². The number of aryl methyl sites for hydroxylation is 1. The van der Waals surface area contributed by atoms with Crippen LogP contribution in [0.2, 0.25) is 0 Å². The number of hydrogen-bond donors (Lipinski definition) is 2. The van der Waals surface area contributed by atoms with Crippen molar-refractivity contribution < 1.29 is 22.4 Å². The second-order valence-electron chi connectivity index (χ2n) is 8.00. The molecular formula is C27H30N2O5S. The fraction of sp³-hybridized carbons (Fsp3) is 0.222. The van der Waals surface area contributed by atoms with Crippen molar-refractivity contribution >= 4 is 27.2 Å². The summed E-state index contributed by atoms with van der Waals surface area (Å²) < 4.78 is 39.9. The SMILES string of the molecule is COc1ccc(N=C2CCC(Nc3ccc(OC)cc3)=C2C)cc1.Cc1ccc(S(=O)(=O)O)cc1. The van der Waals surface area contributed by atoms with Gasteiger partial charge in [0, 0.05) is 17.1 Å². The number of anilines is 1. The molecule has 1 aliphatic carbocycles. The van der Waals surface area contributed by atoms with Crippen molar-refractivity contribution in [1.29, 1.82) is 0 Å². The van der Waals surface area contributed by atoms with Crippen molar-refractivity contribution in [3.63, 3.8) is 0 Å². The molecule has 0 unspecified atom stereocenters. The van der Waals surface area contributed by atoms with Gasteiger partial charge in [0.15, 0.2) is 0 Å². The van der Waals surface area contributed by atoms with Gasteiger partial charge < -0.3 is 14.8 Å². The highest BCUT2D eigenvalue weighted by Crippen LogP contribution is 2.28. The summed E-state index contributed by atoms with van der Waals surface area (Å²) in [6, 6.07) is 21.8. The minimum atomic E-state index is -4.02. The summed E-state index contributed by atoms with van der Waals surface area (Å²) in [7, 11) is -0.676. The van der Waals surface area contributed by atoms with Crippen molar-refractivity contribution in [2.45, 2.75) is 31.6 Å². The van der Waals surface area contributed by atoms with Gasteiger partial charge in [-0.15, -0.1) is 0 Å². The van der Waals surface area contributed by atoms with E-state index in [0.717, 1.165) is 47.0 Å². The number of allylic oxidation sites excluding steroid dienone is 2. The molecule has 8 heteroatoms. The molecule has 7 nitrogen and oxygen atoms in total. The second kappa shape index (κ2) is 11.7. The lowest BCUT2D eigenvalue weighted by molar-refractivity contribution is 0.415. The van der Waals surface area contributed by atoms with E-state index in [9.17, 15) is 8.42 Å². The first-order chi connectivity index (χ1) is 16.7. The number of rotatable bonds is 6. The van der Waals surface area contributed by atoms with Crippen LogP contribution in [-0.2, 0) is 10.1 Å². The zero-order chi connectivity index (χ0) is 25.4. The van der Waals surface area contributed by atoms with Gasteiger partial charge in [0.05, 0.1) is 24.8 Å². The van der Waals surface area contributed by atoms with Crippen LogP contribution in [0.3, 0.4) is 0 Å². The minimum absolute atomic E-state index is 0.0666. The number of ether oxygens (including phenoxy) is 2. The Kier molecular flexibility index (Phi) is 8.68. The van der Waals surface area contributed by atoms with E-state index in [1.54, 1.807) is 26.4 Å². The summed E-state index contributed by atoms with van der Waals surface area (Å²) in [5, 5.41) is 3.50. The fourth-order valence-electron chi connectivity index (χ4n) is 3.46.